The topological polar surface area (TPSA) is 85.9 Å². The van der Waals surface area contributed by atoms with Crippen molar-refractivity contribution in [1.82, 2.24) is 10.9 Å². The van der Waals surface area contributed by atoms with Gasteiger partial charge in [-0.2, -0.15) is 0 Å². The first-order valence-electron chi connectivity index (χ1n) is 9.70. The van der Waals surface area contributed by atoms with Crippen molar-refractivity contribution in [2.24, 2.45) is 0 Å². The molecule has 3 rings (SSSR count). The molecule has 0 unspecified atom stereocenters. The SMILES string of the molecule is COc1ccc(C(=O)NNC(=O)c2cccc(OCCc3ccccc3)c2)cc1OC. The first kappa shape index (κ1) is 21.7. The number of hydrogen-bond acceptors (Lipinski definition) is 5. The summed E-state index contributed by atoms with van der Waals surface area (Å²) in [6.07, 6.45) is 0.763. The van der Waals surface area contributed by atoms with Gasteiger partial charge in [0.25, 0.3) is 11.8 Å². The molecule has 0 bridgehead atoms. The molecule has 0 spiro atoms. The normalized spacial score (nSPS) is 10.1. The number of hydrazine groups is 1. The summed E-state index contributed by atoms with van der Waals surface area (Å²) in [5.41, 5.74) is 6.66. The molecule has 0 saturated heterocycles. The summed E-state index contributed by atoms with van der Waals surface area (Å²) in [4.78, 5) is 24.8. The molecule has 0 aliphatic heterocycles. The second kappa shape index (κ2) is 10.7. The lowest BCUT2D eigenvalue weighted by Crippen LogP contribution is -2.41. The van der Waals surface area contributed by atoms with Gasteiger partial charge in [0.15, 0.2) is 11.5 Å². The Kier molecular flexibility index (Phi) is 7.48. The van der Waals surface area contributed by atoms with Gasteiger partial charge in [0.1, 0.15) is 5.75 Å². The molecule has 2 amide bonds. The zero-order valence-corrected chi connectivity index (χ0v) is 17.4. The van der Waals surface area contributed by atoms with E-state index in [1.807, 2.05) is 30.3 Å². The van der Waals surface area contributed by atoms with Crippen molar-refractivity contribution >= 4 is 11.8 Å². The third-order valence-electron chi connectivity index (χ3n) is 4.53. The van der Waals surface area contributed by atoms with E-state index in [9.17, 15) is 9.59 Å². The smallest absolute Gasteiger partial charge is 0.269 e. The van der Waals surface area contributed by atoms with Gasteiger partial charge in [0, 0.05) is 17.5 Å². The van der Waals surface area contributed by atoms with Gasteiger partial charge in [0.2, 0.25) is 0 Å². The summed E-state index contributed by atoms with van der Waals surface area (Å²) in [5.74, 6) is 0.565. The highest BCUT2D eigenvalue weighted by molar-refractivity contribution is 5.99. The number of benzene rings is 3. The Morgan fingerprint density at radius 3 is 2.10 bits per heavy atom. The Morgan fingerprint density at radius 2 is 1.42 bits per heavy atom. The number of carbonyl (C=O) groups excluding carboxylic acids is 2. The monoisotopic (exact) mass is 420 g/mol. The Balaban J connectivity index is 1.54. The lowest BCUT2D eigenvalue weighted by Gasteiger charge is -2.11. The Hall–Kier alpha value is -4.00. The molecule has 0 heterocycles. The number of hydrogen-bond donors (Lipinski definition) is 2. The molecule has 7 nitrogen and oxygen atoms in total. The van der Waals surface area contributed by atoms with Gasteiger partial charge in [-0.15, -0.1) is 0 Å². The van der Waals surface area contributed by atoms with Crippen LogP contribution in [0.5, 0.6) is 17.2 Å². The Labute approximate surface area is 180 Å². The van der Waals surface area contributed by atoms with Crippen LogP contribution in [0.2, 0.25) is 0 Å². The molecule has 160 valence electrons. The number of methoxy groups -OCH3 is 2. The third kappa shape index (κ3) is 5.99. The van der Waals surface area contributed by atoms with E-state index < -0.39 is 11.8 Å². The molecular formula is C24H24N2O5. The van der Waals surface area contributed by atoms with E-state index >= 15 is 0 Å². The number of amides is 2. The molecule has 2 N–H and O–H groups in total. The second-order valence-electron chi connectivity index (χ2n) is 6.59. The lowest BCUT2D eigenvalue weighted by molar-refractivity contribution is 0.0846. The van der Waals surface area contributed by atoms with Gasteiger partial charge in [-0.05, 0) is 42.0 Å². The fraction of sp³-hybridized carbons (Fsp3) is 0.167. The lowest BCUT2D eigenvalue weighted by atomic mass is 10.2. The summed E-state index contributed by atoms with van der Waals surface area (Å²) in [6, 6.07) is 21.5. The number of rotatable bonds is 8. The molecule has 0 aliphatic carbocycles. The molecule has 31 heavy (non-hydrogen) atoms. The highest BCUT2D eigenvalue weighted by atomic mass is 16.5. The largest absolute Gasteiger partial charge is 0.493 e. The van der Waals surface area contributed by atoms with E-state index in [4.69, 9.17) is 14.2 Å². The van der Waals surface area contributed by atoms with Gasteiger partial charge in [-0.3, -0.25) is 20.4 Å². The summed E-state index contributed by atoms with van der Waals surface area (Å²) in [7, 11) is 2.99. The Bertz CT molecular complexity index is 1040. The summed E-state index contributed by atoms with van der Waals surface area (Å²) in [5, 5.41) is 0. The van der Waals surface area contributed by atoms with Crippen molar-refractivity contribution in [3.63, 3.8) is 0 Å². The van der Waals surface area contributed by atoms with Crippen LogP contribution in [0.25, 0.3) is 0 Å². The van der Waals surface area contributed by atoms with E-state index in [-0.39, 0.29) is 0 Å². The molecule has 0 saturated carbocycles. The predicted octanol–water partition coefficient (Wildman–Crippen LogP) is 3.40. The Morgan fingerprint density at radius 1 is 0.742 bits per heavy atom. The van der Waals surface area contributed by atoms with Crippen molar-refractivity contribution in [2.45, 2.75) is 6.42 Å². The standard InChI is InChI=1S/C24H24N2O5/c1-29-21-12-11-19(16-22(21)30-2)24(28)26-25-23(27)18-9-6-10-20(15-18)31-14-13-17-7-4-3-5-8-17/h3-12,15-16H,13-14H2,1-2H3,(H,25,27)(H,26,28). The minimum atomic E-state index is -0.482. The van der Waals surface area contributed by atoms with Gasteiger partial charge in [-0.25, -0.2) is 0 Å². The summed E-state index contributed by atoms with van der Waals surface area (Å²) >= 11 is 0. The van der Waals surface area contributed by atoms with Crippen LogP contribution >= 0.6 is 0 Å². The van der Waals surface area contributed by atoms with Crippen LogP contribution in [0.3, 0.4) is 0 Å². The van der Waals surface area contributed by atoms with Crippen LogP contribution < -0.4 is 25.1 Å². The maximum atomic E-state index is 12.4. The number of ether oxygens (including phenoxy) is 3. The first-order valence-corrected chi connectivity index (χ1v) is 9.70. The second-order valence-corrected chi connectivity index (χ2v) is 6.59. The maximum absolute atomic E-state index is 12.4. The van der Waals surface area contributed by atoms with Crippen LogP contribution in [0.15, 0.2) is 72.8 Å². The van der Waals surface area contributed by atoms with Crippen LogP contribution in [0, 0.1) is 0 Å². The average molecular weight is 420 g/mol. The van der Waals surface area contributed by atoms with Gasteiger partial charge in [0.05, 0.1) is 20.8 Å². The maximum Gasteiger partial charge on any atom is 0.269 e. The van der Waals surface area contributed by atoms with E-state index in [1.165, 1.54) is 25.8 Å². The predicted molar refractivity (Wildman–Crippen MR) is 117 cm³/mol. The molecule has 0 fully saturated rings. The third-order valence-corrected chi connectivity index (χ3v) is 4.53. The van der Waals surface area contributed by atoms with Crippen molar-refractivity contribution in [3.8, 4) is 17.2 Å². The van der Waals surface area contributed by atoms with Gasteiger partial charge < -0.3 is 14.2 Å². The molecule has 0 radical (unpaired) electrons. The minimum absolute atomic E-state index is 0.316. The molecule has 0 atom stereocenters. The highest BCUT2D eigenvalue weighted by Crippen LogP contribution is 2.27. The van der Waals surface area contributed by atoms with E-state index in [2.05, 4.69) is 10.9 Å². The van der Waals surface area contributed by atoms with Crippen molar-refractivity contribution < 1.29 is 23.8 Å². The van der Waals surface area contributed by atoms with E-state index in [1.54, 1.807) is 36.4 Å². The van der Waals surface area contributed by atoms with Crippen molar-refractivity contribution in [1.29, 1.82) is 0 Å². The number of nitrogens with one attached hydrogen (secondary N) is 2. The molecule has 3 aromatic carbocycles. The fourth-order valence-corrected chi connectivity index (χ4v) is 2.89. The number of carbonyl (C=O) groups is 2. The van der Waals surface area contributed by atoms with Crippen LogP contribution in [0.1, 0.15) is 26.3 Å². The molecule has 3 aromatic rings. The van der Waals surface area contributed by atoms with Gasteiger partial charge >= 0.3 is 0 Å². The molecule has 0 aliphatic rings. The van der Waals surface area contributed by atoms with Gasteiger partial charge in [-0.1, -0.05) is 36.4 Å². The van der Waals surface area contributed by atoms with Crippen LogP contribution in [-0.4, -0.2) is 32.6 Å². The minimum Gasteiger partial charge on any atom is -0.493 e. The highest BCUT2D eigenvalue weighted by Gasteiger charge is 2.13. The van der Waals surface area contributed by atoms with Crippen LogP contribution in [0.4, 0.5) is 0 Å². The fourth-order valence-electron chi connectivity index (χ4n) is 2.89. The molecular weight excluding hydrogens is 396 g/mol. The first-order chi connectivity index (χ1) is 15.1. The molecule has 0 aromatic heterocycles. The van der Waals surface area contributed by atoms with Crippen molar-refractivity contribution in [3.05, 3.63) is 89.5 Å². The average Bonchev–Trinajstić information content (AvgIpc) is 2.82. The molecule has 7 heteroatoms. The zero-order valence-electron chi connectivity index (χ0n) is 17.4. The zero-order chi connectivity index (χ0) is 22.1. The quantitative estimate of drug-likeness (QED) is 0.546. The van der Waals surface area contributed by atoms with Crippen molar-refractivity contribution in [2.75, 3.05) is 20.8 Å². The van der Waals surface area contributed by atoms with E-state index in [0.29, 0.717) is 35.0 Å². The summed E-state index contributed by atoms with van der Waals surface area (Å²) < 4.78 is 16.1. The van der Waals surface area contributed by atoms with E-state index in [0.717, 1.165) is 6.42 Å². The summed E-state index contributed by atoms with van der Waals surface area (Å²) in [6.45, 7) is 0.491. The van der Waals surface area contributed by atoms with Crippen LogP contribution in [-0.2, 0) is 6.42 Å².